The minimum absolute atomic E-state index is 0.112. The number of allylic oxidation sites excluding steroid dienone is 1. The molecule has 2 atom stereocenters. The fourth-order valence-electron chi connectivity index (χ4n) is 3.58. The lowest BCUT2D eigenvalue weighted by molar-refractivity contribution is -0.137. The topological polar surface area (TPSA) is 57.6 Å². The molecule has 0 radical (unpaired) electrons. The summed E-state index contributed by atoms with van der Waals surface area (Å²) in [6.07, 6.45) is 8.66. The Morgan fingerprint density at radius 2 is 2.11 bits per heavy atom. The van der Waals surface area contributed by atoms with Crippen molar-refractivity contribution in [3.05, 3.63) is 47.5 Å². The Morgan fingerprint density at radius 3 is 2.85 bits per heavy atom. The predicted molar refractivity (Wildman–Crippen MR) is 109 cm³/mol. The van der Waals surface area contributed by atoms with Gasteiger partial charge in [0.25, 0.3) is 0 Å². The average molecular weight is 392 g/mol. The number of hydrogen-bond donors (Lipinski definition) is 1. The van der Waals surface area contributed by atoms with Crippen molar-refractivity contribution in [1.82, 2.24) is 4.90 Å². The molecular weight excluding hydrogens is 362 g/mol. The lowest BCUT2D eigenvalue weighted by atomic mass is 10.0. The van der Waals surface area contributed by atoms with Crippen LogP contribution in [0.1, 0.15) is 49.7 Å². The van der Waals surface area contributed by atoms with Crippen molar-refractivity contribution in [3.63, 3.8) is 0 Å². The van der Waals surface area contributed by atoms with Crippen molar-refractivity contribution in [2.75, 3.05) is 13.1 Å². The van der Waals surface area contributed by atoms with E-state index < -0.39 is 5.97 Å². The summed E-state index contributed by atoms with van der Waals surface area (Å²) >= 11 is 6.48. The SMILES string of the molecule is Cc1cccc(CC(=O)CCN2CC[C@@H](Cl)[C@@H]2C/C=C\CCCC(=O)O)c1. The maximum Gasteiger partial charge on any atom is 0.303 e. The smallest absolute Gasteiger partial charge is 0.303 e. The van der Waals surface area contributed by atoms with Gasteiger partial charge < -0.3 is 5.11 Å². The van der Waals surface area contributed by atoms with Gasteiger partial charge in [0.05, 0.1) is 5.38 Å². The predicted octanol–water partition coefficient (Wildman–Crippen LogP) is 4.38. The average Bonchev–Trinajstić information content (AvgIpc) is 2.96. The quantitative estimate of drug-likeness (QED) is 0.345. The summed E-state index contributed by atoms with van der Waals surface area (Å²) in [7, 11) is 0. The largest absolute Gasteiger partial charge is 0.481 e. The maximum absolute atomic E-state index is 12.3. The Bertz CT molecular complexity index is 659. The molecule has 148 valence electrons. The number of carbonyl (C=O) groups is 2. The second-order valence-corrected chi connectivity index (χ2v) is 7.92. The molecule has 1 fully saturated rings. The Kier molecular flexibility index (Phi) is 9.02. The first-order valence-electron chi connectivity index (χ1n) is 9.78. The molecule has 1 aliphatic rings. The summed E-state index contributed by atoms with van der Waals surface area (Å²) in [4.78, 5) is 25.2. The number of aryl methyl sites for hydroxylation is 1. The van der Waals surface area contributed by atoms with Crippen LogP contribution in [0.25, 0.3) is 0 Å². The number of carboxylic acids is 1. The van der Waals surface area contributed by atoms with Gasteiger partial charge in [-0.15, -0.1) is 11.6 Å². The molecule has 0 amide bonds. The van der Waals surface area contributed by atoms with Crippen LogP contribution in [0.3, 0.4) is 0 Å². The molecule has 0 aliphatic carbocycles. The number of likely N-dealkylation sites (tertiary alicyclic amines) is 1. The van der Waals surface area contributed by atoms with E-state index in [1.807, 2.05) is 31.2 Å². The summed E-state index contributed by atoms with van der Waals surface area (Å²) in [5.41, 5.74) is 2.26. The van der Waals surface area contributed by atoms with Crippen LogP contribution in [-0.4, -0.2) is 46.3 Å². The van der Waals surface area contributed by atoms with Gasteiger partial charge in [0.15, 0.2) is 0 Å². The molecule has 1 aromatic rings. The van der Waals surface area contributed by atoms with E-state index in [4.69, 9.17) is 16.7 Å². The van der Waals surface area contributed by atoms with Crippen LogP contribution in [0.4, 0.5) is 0 Å². The van der Waals surface area contributed by atoms with Crippen LogP contribution in [0.15, 0.2) is 36.4 Å². The highest BCUT2D eigenvalue weighted by Gasteiger charge is 2.31. The molecule has 0 bridgehead atoms. The van der Waals surface area contributed by atoms with Crippen molar-refractivity contribution < 1.29 is 14.7 Å². The van der Waals surface area contributed by atoms with E-state index in [-0.39, 0.29) is 23.6 Å². The minimum Gasteiger partial charge on any atom is -0.481 e. The molecule has 5 heteroatoms. The third kappa shape index (κ3) is 7.86. The van der Waals surface area contributed by atoms with Crippen LogP contribution in [0.5, 0.6) is 0 Å². The molecule has 0 spiro atoms. The number of unbranched alkanes of at least 4 members (excludes halogenated alkanes) is 1. The first-order valence-corrected chi connectivity index (χ1v) is 10.2. The number of rotatable bonds is 11. The summed E-state index contributed by atoms with van der Waals surface area (Å²) < 4.78 is 0. The highest BCUT2D eigenvalue weighted by molar-refractivity contribution is 6.21. The van der Waals surface area contributed by atoms with Crippen LogP contribution in [0.2, 0.25) is 0 Å². The number of Topliss-reactive ketones (excluding diaryl/α,β-unsaturated/α-hetero) is 1. The Labute approximate surface area is 167 Å². The van der Waals surface area contributed by atoms with Crippen LogP contribution in [0, 0.1) is 6.92 Å². The van der Waals surface area contributed by atoms with E-state index in [1.54, 1.807) is 0 Å². The van der Waals surface area contributed by atoms with Gasteiger partial charge in [-0.25, -0.2) is 0 Å². The third-order valence-electron chi connectivity index (χ3n) is 5.05. The molecule has 0 unspecified atom stereocenters. The Morgan fingerprint density at radius 1 is 1.30 bits per heavy atom. The molecule has 1 N–H and O–H groups in total. The van der Waals surface area contributed by atoms with Gasteiger partial charge in [-0.05, 0) is 44.7 Å². The molecule has 1 aliphatic heterocycles. The number of carbonyl (C=O) groups excluding carboxylic acids is 1. The zero-order chi connectivity index (χ0) is 19.6. The fourth-order valence-corrected chi connectivity index (χ4v) is 3.94. The fraction of sp³-hybridized carbons (Fsp3) is 0.545. The lowest BCUT2D eigenvalue weighted by Crippen LogP contribution is -2.34. The number of halogens is 1. The first-order chi connectivity index (χ1) is 13.0. The highest BCUT2D eigenvalue weighted by atomic mass is 35.5. The van der Waals surface area contributed by atoms with E-state index >= 15 is 0 Å². The van der Waals surface area contributed by atoms with E-state index in [0.717, 1.165) is 37.9 Å². The van der Waals surface area contributed by atoms with Crippen LogP contribution < -0.4 is 0 Å². The maximum atomic E-state index is 12.3. The monoisotopic (exact) mass is 391 g/mol. The molecule has 0 aromatic heterocycles. The van der Waals surface area contributed by atoms with Gasteiger partial charge in [-0.3, -0.25) is 14.5 Å². The second kappa shape index (κ2) is 11.3. The number of benzene rings is 1. The van der Waals surface area contributed by atoms with Crippen molar-refractivity contribution in [1.29, 1.82) is 0 Å². The number of hydrogen-bond acceptors (Lipinski definition) is 3. The molecular formula is C22H30ClNO3. The number of aliphatic carboxylic acids is 1. The molecule has 27 heavy (non-hydrogen) atoms. The number of carboxylic acid groups (broad SMARTS) is 1. The highest BCUT2D eigenvalue weighted by Crippen LogP contribution is 2.26. The zero-order valence-corrected chi connectivity index (χ0v) is 16.8. The van der Waals surface area contributed by atoms with Gasteiger partial charge in [0.1, 0.15) is 5.78 Å². The number of nitrogens with zero attached hydrogens (tertiary/aromatic N) is 1. The van der Waals surface area contributed by atoms with Gasteiger partial charge >= 0.3 is 5.97 Å². The van der Waals surface area contributed by atoms with Gasteiger partial charge in [-0.1, -0.05) is 42.0 Å². The molecule has 4 nitrogen and oxygen atoms in total. The van der Waals surface area contributed by atoms with E-state index in [0.29, 0.717) is 19.3 Å². The summed E-state index contributed by atoms with van der Waals surface area (Å²) in [5, 5.41) is 8.76. The van der Waals surface area contributed by atoms with Crippen molar-refractivity contribution in [2.24, 2.45) is 0 Å². The first kappa shape index (κ1) is 21.6. The summed E-state index contributed by atoms with van der Waals surface area (Å²) in [6.45, 7) is 3.73. The van der Waals surface area contributed by atoms with Crippen molar-refractivity contribution in [3.8, 4) is 0 Å². The Hall–Kier alpha value is -1.65. The summed E-state index contributed by atoms with van der Waals surface area (Å²) in [5.74, 6) is -0.483. The van der Waals surface area contributed by atoms with E-state index in [9.17, 15) is 9.59 Å². The minimum atomic E-state index is -0.749. The van der Waals surface area contributed by atoms with E-state index in [1.165, 1.54) is 5.56 Å². The molecule has 0 saturated carbocycles. The molecule has 1 saturated heterocycles. The lowest BCUT2D eigenvalue weighted by Gasteiger charge is -2.24. The number of alkyl halides is 1. The normalized spacial score (nSPS) is 20.4. The molecule has 2 rings (SSSR count). The Balaban J connectivity index is 1.74. The molecule has 1 heterocycles. The van der Waals surface area contributed by atoms with E-state index in [2.05, 4.69) is 17.0 Å². The van der Waals surface area contributed by atoms with Crippen LogP contribution >= 0.6 is 11.6 Å². The number of ketones is 1. The molecule has 1 aromatic carbocycles. The van der Waals surface area contributed by atoms with Crippen molar-refractivity contribution in [2.45, 2.75) is 63.3 Å². The zero-order valence-electron chi connectivity index (χ0n) is 16.1. The summed E-state index contributed by atoms with van der Waals surface area (Å²) in [6, 6.07) is 8.37. The van der Waals surface area contributed by atoms with Crippen LogP contribution in [-0.2, 0) is 16.0 Å². The van der Waals surface area contributed by atoms with Crippen molar-refractivity contribution >= 4 is 23.4 Å². The third-order valence-corrected chi connectivity index (χ3v) is 5.55. The van der Waals surface area contributed by atoms with Gasteiger partial charge in [0, 0.05) is 31.8 Å². The standard InChI is InChI=1S/C22H30ClNO3/c1-17-7-6-8-18(15-17)16-19(25)11-13-24-14-12-20(23)21(24)9-4-2-3-5-10-22(26)27/h2,4,6-8,15,20-21H,3,5,9-14,16H2,1H3,(H,26,27)/b4-2-/t20-,21+/m1/s1. The van der Waals surface area contributed by atoms with Gasteiger partial charge in [-0.2, -0.15) is 0 Å². The second-order valence-electron chi connectivity index (χ2n) is 7.36. The van der Waals surface area contributed by atoms with Gasteiger partial charge in [0.2, 0.25) is 0 Å².